The summed E-state index contributed by atoms with van der Waals surface area (Å²) in [7, 11) is 0. The molecule has 0 saturated carbocycles. The average molecular weight is 264 g/mol. The number of nitrogens with one attached hydrogen (secondary N) is 1. The highest BCUT2D eigenvalue weighted by Crippen LogP contribution is 2.34. The van der Waals surface area contributed by atoms with Crippen LogP contribution in [0.5, 0.6) is 5.75 Å². The van der Waals surface area contributed by atoms with E-state index in [0.29, 0.717) is 18.7 Å². The van der Waals surface area contributed by atoms with Gasteiger partial charge in [0, 0.05) is 12.1 Å². The normalized spacial score (nSPS) is 11.4. The van der Waals surface area contributed by atoms with Crippen LogP contribution in [0.1, 0.15) is 48.7 Å². The minimum Gasteiger partial charge on any atom is -0.507 e. The lowest BCUT2D eigenvalue weighted by molar-refractivity contribution is 0.0950. The monoisotopic (exact) mass is 264 g/mol. The van der Waals surface area contributed by atoms with E-state index in [1.165, 1.54) is 0 Å². The standard InChI is InChI=1S/C15H24N2O2/c1-10-8-11(14(19)17-7-5-6-16)13(18)12(9-10)15(2,3)4/h8-9,18H,5-7,16H2,1-4H3,(H,17,19). The molecule has 1 aromatic carbocycles. The first-order valence-electron chi connectivity index (χ1n) is 6.59. The maximum absolute atomic E-state index is 12.1. The number of amides is 1. The molecule has 0 unspecified atom stereocenters. The van der Waals surface area contributed by atoms with E-state index in [4.69, 9.17) is 5.73 Å². The maximum Gasteiger partial charge on any atom is 0.255 e. The van der Waals surface area contributed by atoms with Gasteiger partial charge in [0.25, 0.3) is 5.91 Å². The van der Waals surface area contributed by atoms with Crippen molar-refractivity contribution in [1.82, 2.24) is 5.32 Å². The molecule has 1 aromatic rings. The van der Waals surface area contributed by atoms with Gasteiger partial charge >= 0.3 is 0 Å². The van der Waals surface area contributed by atoms with E-state index in [1.54, 1.807) is 6.07 Å². The van der Waals surface area contributed by atoms with Crippen LogP contribution in [0, 0.1) is 6.92 Å². The molecule has 1 amide bonds. The van der Waals surface area contributed by atoms with E-state index in [-0.39, 0.29) is 17.1 Å². The number of phenolic OH excluding ortho intramolecular Hbond substituents is 1. The summed E-state index contributed by atoms with van der Waals surface area (Å²) in [5.41, 5.74) is 7.27. The highest BCUT2D eigenvalue weighted by atomic mass is 16.3. The number of carbonyl (C=O) groups is 1. The van der Waals surface area contributed by atoms with Crippen LogP contribution < -0.4 is 11.1 Å². The van der Waals surface area contributed by atoms with Crippen LogP contribution in [0.3, 0.4) is 0 Å². The molecule has 1 rings (SSSR count). The number of carbonyl (C=O) groups excluding carboxylic acids is 1. The average Bonchev–Trinajstić information content (AvgIpc) is 2.30. The van der Waals surface area contributed by atoms with Gasteiger partial charge in [0.15, 0.2) is 0 Å². The molecule has 0 saturated heterocycles. The summed E-state index contributed by atoms with van der Waals surface area (Å²) in [5, 5.41) is 13.1. The summed E-state index contributed by atoms with van der Waals surface area (Å²) in [6, 6.07) is 3.63. The number of nitrogens with two attached hydrogens (primary N) is 1. The Labute approximate surface area is 115 Å². The number of hydrogen-bond donors (Lipinski definition) is 3. The van der Waals surface area contributed by atoms with Crippen LogP contribution >= 0.6 is 0 Å². The second-order valence-electron chi connectivity index (χ2n) is 5.86. The quantitative estimate of drug-likeness (QED) is 0.729. The van der Waals surface area contributed by atoms with Crippen LogP contribution in [0.15, 0.2) is 12.1 Å². The first kappa shape index (κ1) is 15.5. The number of phenols is 1. The third-order valence-corrected chi connectivity index (χ3v) is 2.97. The Balaban J connectivity index is 3.08. The third kappa shape index (κ3) is 3.96. The molecule has 0 aliphatic carbocycles. The molecule has 0 aromatic heterocycles. The van der Waals surface area contributed by atoms with Crippen LogP contribution in [-0.2, 0) is 5.41 Å². The number of aryl methyl sites for hydroxylation is 1. The zero-order valence-electron chi connectivity index (χ0n) is 12.2. The minimum atomic E-state index is -0.250. The lowest BCUT2D eigenvalue weighted by atomic mass is 9.84. The molecule has 0 heterocycles. The zero-order chi connectivity index (χ0) is 14.6. The van der Waals surface area contributed by atoms with Crippen molar-refractivity contribution in [3.8, 4) is 5.75 Å². The summed E-state index contributed by atoms with van der Waals surface area (Å²) < 4.78 is 0. The van der Waals surface area contributed by atoms with Crippen LogP contribution in [0.4, 0.5) is 0 Å². The molecule has 4 N–H and O–H groups in total. The first-order valence-corrected chi connectivity index (χ1v) is 6.59. The fourth-order valence-corrected chi connectivity index (χ4v) is 1.92. The summed E-state index contributed by atoms with van der Waals surface area (Å²) in [6.07, 6.45) is 0.727. The van der Waals surface area contributed by atoms with Crippen molar-refractivity contribution >= 4 is 5.91 Å². The topological polar surface area (TPSA) is 75.4 Å². The maximum atomic E-state index is 12.1. The highest BCUT2D eigenvalue weighted by molar-refractivity contribution is 5.97. The summed E-state index contributed by atoms with van der Waals surface area (Å²) in [4.78, 5) is 12.1. The van der Waals surface area contributed by atoms with Crippen molar-refractivity contribution in [2.45, 2.75) is 39.5 Å². The molecule has 0 spiro atoms. The number of rotatable bonds is 4. The van der Waals surface area contributed by atoms with E-state index in [0.717, 1.165) is 17.5 Å². The molecule has 19 heavy (non-hydrogen) atoms. The number of aromatic hydroxyl groups is 1. The smallest absolute Gasteiger partial charge is 0.255 e. The van der Waals surface area contributed by atoms with Gasteiger partial charge in [-0.05, 0) is 36.9 Å². The van der Waals surface area contributed by atoms with Crippen molar-refractivity contribution in [2.24, 2.45) is 5.73 Å². The van der Waals surface area contributed by atoms with Crippen LogP contribution in [-0.4, -0.2) is 24.1 Å². The van der Waals surface area contributed by atoms with E-state index in [9.17, 15) is 9.90 Å². The van der Waals surface area contributed by atoms with Gasteiger partial charge in [-0.1, -0.05) is 26.8 Å². The van der Waals surface area contributed by atoms with Crippen molar-refractivity contribution < 1.29 is 9.90 Å². The predicted octanol–water partition coefficient (Wildman–Crippen LogP) is 2.08. The van der Waals surface area contributed by atoms with Crippen molar-refractivity contribution in [1.29, 1.82) is 0 Å². The second-order valence-corrected chi connectivity index (χ2v) is 5.86. The van der Waals surface area contributed by atoms with Gasteiger partial charge in [0.1, 0.15) is 5.75 Å². The molecular weight excluding hydrogens is 240 g/mol. The molecular formula is C15H24N2O2. The number of hydrogen-bond acceptors (Lipinski definition) is 3. The molecule has 0 atom stereocenters. The van der Waals surface area contributed by atoms with Gasteiger partial charge in [-0.25, -0.2) is 0 Å². The fourth-order valence-electron chi connectivity index (χ4n) is 1.92. The highest BCUT2D eigenvalue weighted by Gasteiger charge is 2.23. The molecule has 0 aliphatic rings. The van der Waals surface area contributed by atoms with Gasteiger partial charge in [-0.15, -0.1) is 0 Å². The largest absolute Gasteiger partial charge is 0.507 e. The van der Waals surface area contributed by atoms with Gasteiger partial charge in [-0.2, -0.15) is 0 Å². The predicted molar refractivity (Wildman–Crippen MR) is 77.5 cm³/mol. The fraction of sp³-hybridized carbons (Fsp3) is 0.533. The molecule has 106 valence electrons. The minimum absolute atomic E-state index is 0.0725. The van der Waals surface area contributed by atoms with E-state index in [1.807, 2.05) is 33.8 Å². The molecule has 4 nitrogen and oxygen atoms in total. The SMILES string of the molecule is Cc1cc(C(=O)NCCCN)c(O)c(C(C)(C)C)c1. The third-order valence-electron chi connectivity index (χ3n) is 2.97. The summed E-state index contributed by atoms with van der Waals surface area (Å²) in [5.74, 6) is -0.177. The van der Waals surface area contributed by atoms with Gasteiger partial charge < -0.3 is 16.2 Å². The van der Waals surface area contributed by atoms with E-state index < -0.39 is 0 Å². The van der Waals surface area contributed by atoms with Crippen molar-refractivity contribution in [3.63, 3.8) is 0 Å². The Morgan fingerprint density at radius 2 is 2.00 bits per heavy atom. The molecule has 0 aliphatic heterocycles. The van der Waals surface area contributed by atoms with E-state index >= 15 is 0 Å². The summed E-state index contributed by atoms with van der Waals surface area (Å²) >= 11 is 0. The van der Waals surface area contributed by atoms with E-state index in [2.05, 4.69) is 5.32 Å². The Morgan fingerprint density at radius 3 is 2.53 bits per heavy atom. The van der Waals surface area contributed by atoms with Gasteiger partial charge in [-0.3, -0.25) is 4.79 Å². The zero-order valence-corrected chi connectivity index (χ0v) is 12.2. The Kier molecular flexibility index (Phi) is 4.95. The van der Waals surface area contributed by atoms with Gasteiger partial charge in [0.05, 0.1) is 5.56 Å². The lowest BCUT2D eigenvalue weighted by Gasteiger charge is -2.22. The molecule has 0 radical (unpaired) electrons. The molecule has 0 bridgehead atoms. The Hall–Kier alpha value is -1.55. The van der Waals surface area contributed by atoms with Crippen molar-refractivity contribution in [2.75, 3.05) is 13.1 Å². The summed E-state index contributed by atoms with van der Waals surface area (Å²) in [6.45, 7) is 9.01. The van der Waals surface area contributed by atoms with Gasteiger partial charge in [0.2, 0.25) is 0 Å². The Morgan fingerprint density at radius 1 is 1.37 bits per heavy atom. The second kappa shape index (κ2) is 6.06. The van der Waals surface area contributed by atoms with Crippen LogP contribution in [0.25, 0.3) is 0 Å². The first-order chi connectivity index (χ1) is 8.77. The number of benzene rings is 1. The van der Waals surface area contributed by atoms with Crippen LogP contribution in [0.2, 0.25) is 0 Å². The lowest BCUT2D eigenvalue weighted by Crippen LogP contribution is -2.26. The molecule has 4 heteroatoms. The van der Waals surface area contributed by atoms with Crippen molar-refractivity contribution in [3.05, 3.63) is 28.8 Å². The Bertz CT molecular complexity index is 462. The molecule has 0 fully saturated rings.